The molecule has 0 bridgehead atoms. The highest BCUT2D eigenvalue weighted by Crippen LogP contribution is 2.33. The lowest BCUT2D eigenvalue weighted by Gasteiger charge is -2.21. The maximum Gasteiger partial charge on any atom is 0.416 e. The topological polar surface area (TPSA) is 49.8 Å². The number of methoxy groups -OCH3 is 1. The molecule has 4 heteroatoms. The molecule has 0 saturated heterocycles. The van der Waals surface area contributed by atoms with Gasteiger partial charge in [-0.2, -0.15) is 0 Å². The molecule has 1 N–H and O–H groups in total. The zero-order valence-corrected chi connectivity index (χ0v) is 9.91. The highest BCUT2D eigenvalue weighted by Gasteiger charge is 2.19. The van der Waals surface area contributed by atoms with Crippen LogP contribution in [0.1, 0.15) is 0 Å². The largest absolute Gasteiger partial charge is 0.495 e. The highest BCUT2D eigenvalue weighted by atomic mass is 16.5. The van der Waals surface area contributed by atoms with E-state index < -0.39 is 6.09 Å². The van der Waals surface area contributed by atoms with Gasteiger partial charge in [0, 0.05) is 0 Å². The van der Waals surface area contributed by atoms with Gasteiger partial charge in [0.25, 0.3) is 0 Å². The molecule has 0 spiro atoms. The van der Waals surface area contributed by atoms with Crippen LogP contribution in [0.3, 0.4) is 0 Å². The Kier molecular flexibility index (Phi) is 3.48. The van der Waals surface area contributed by atoms with E-state index in [2.05, 4.69) is 0 Å². The van der Waals surface area contributed by atoms with Gasteiger partial charge in [-0.3, -0.25) is 0 Å². The van der Waals surface area contributed by atoms with E-state index in [4.69, 9.17) is 4.74 Å². The number of carbonyl (C=O) groups is 1. The molecule has 0 aliphatic heterocycles. The molecule has 0 aliphatic rings. The molecule has 2 aromatic rings. The lowest BCUT2D eigenvalue weighted by atomic mass is 10.2. The number of para-hydroxylation sites is 3. The van der Waals surface area contributed by atoms with Crippen molar-refractivity contribution in [1.82, 2.24) is 0 Å². The predicted octanol–water partition coefficient (Wildman–Crippen LogP) is 3.51. The summed E-state index contributed by atoms with van der Waals surface area (Å²) in [5.41, 5.74) is 1.08. The number of anilines is 2. The van der Waals surface area contributed by atoms with E-state index in [-0.39, 0.29) is 0 Å². The van der Waals surface area contributed by atoms with Crippen LogP contribution in [-0.2, 0) is 0 Å². The monoisotopic (exact) mass is 243 g/mol. The van der Waals surface area contributed by atoms with Crippen molar-refractivity contribution >= 4 is 17.5 Å². The van der Waals surface area contributed by atoms with E-state index in [1.54, 1.807) is 48.5 Å². The van der Waals surface area contributed by atoms with Gasteiger partial charge in [-0.1, -0.05) is 30.3 Å². The Bertz CT molecular complexity index is 540. The Balaban J connectivity index is 2.52. The van der Waals surface area contributed by atoms with Gasteiger partial charge >= 0.3 is 6.09 Å². The summed E-state index contributed by atoms with van der Waals surface area (Å²) in [4.78, 5) is 12.6. The lowest BCUT2D eigenvalue weighted by Crippen LogP contribution is -2.24. The van der Waals surface area contributed by atoms with E-state index in [1.165, 1.54) is 12.0 Å². The molecule has 1 amide bonds. The number of amides is 1. The molecule has 0 aromatic heterocycles. The Labute approximate surface area is 105 Å². The average Bonchev–Trinajstić information content (AvgIpc) is 2.40. The standard InChI is InChI=1S/C14H13NO3/c1-18-13-10-6-5-9-12(13)15(14(16)17)11-7-3-2-4-8-11/h2-10H,1H3,(H,16,17). The number of benzene rings is 2. The van der Waals surface area contributed by atoms with Crippen LogP contribution in [0.4, 0.5) is 16.2 Å². The van der Waals surface area contributed by atoms with Gasteiger partial charge in [-0.15, -0.1) is 0 Å². The summed E-state index contributed by atoms with van der Waals surface area (Å²) >= 11 is 0. The van der Waals surface area contributed by atoms with Crippen molar-refractivity contribution in [1.29, 1.82) is 0 Å². The zero-order chi connectivity index (χ0) is 13.0. The summed E-state index contributed by atoms with van der Waals surface area (Å²) in [7, 11) is 1.52. The molecule has 0 heterocycles. The first-order chi connectivity index (χ1) is 8.74. The third-order valence-corrected chi connectivity index (χ3v) is 2.53. The van der Waals surface area contributed by atoms with Crippen molar-refractivity contribution in [3.8, 4) is 5.75 Å². The van der Waals surface area contributed by atoms with E-state index >= 15 is 0 Å². The van der Waals surface area contributed by atoms with E-state index in [0.29, 0.717) is 17.1 Å². The van der Waals surface area contributed by atoms with Gasteiger partial charge in [0.15, 0.2) is 0 Å². The maximum atomic E-state index is 11.4. The van der Waals surface area contributed by atoms with Gasteiger partial charge in [-0.25, -0.2) is 9.69 Å². The second-order valence-electron chi connectivity index (χ2n) is 3.63. The third kappa shape index (κ3) is 2.27. The minimum Gasteiger partial charge on any atom is -0.495 e. The molecule has 0 radical (unpaired) electrons. The first-order valence-corrected chi connectivity index (χ1v) is 5.45. The van der Waals surface area contributed by atoms with Gasteiger partial charge in [0.2, 0.25) is 0 Å². The third-order valence-electron chi connectivity index (χ3n) is 2.53. The Morgan fingerprint density at radius 2 is 1.67 bits per heavy atom. The SMILES string of the molecule is COc1ccccc1N(C(=O)O)c1ccccc1. The smallest absolute Gasteiger partial charge is 0.416 e. The van der Waals surface area contributed by atoms with Crippen LogP contribution in [0, 0.1) is 0 Å². The molecular weight excluding hydrogens is 230 g/mol. The fraction of sp³-hybridized carbons (Fsp3) is 0.0714. The number of nitrogens with zero attached hydrogens (tertiary/aromatic N) is 1. The van der Waals surface area contributed by atoms with Crippen molar-refractivity contribution in [3.63, 3.8) is 0 Å². The molecule has 0 unspecified atom stereocenters. The number of rotatable bonds is 3. The number of hydrogen-bond acceptors (Lipinski definition) is 2. The molecule has 0 saturated carbocycles. The van der Waals surface area contributed by atoms with E-state index in [9.17, 15) is 9.90 Å². The lowest BCUT2D eigenvalue weighted by molar-refractivity contribution is 0.204. The Morgan fingerprint density at radius 1 is 1.06 bits per heavy atom. The Hall–Kier alpha value is -2.49. The van der Waals surface area contributed by atoms with Crippen molar-refractivity contribution in [2.75, 3.05) is 12.0 Å². The van der Waals surface area contributed by atoms with Gasteiger partial charge in [-0.05, 0) is 24.3 Å². The van der Waals surface area contributed by atoms with Crippen LogP contribution >= 0.6 is 0 Å². The van der Waals surface area contributed by atoms with Crippen molar-refractivity contribution in [2.45, 2.75) is 0 Å². The molecule has 92 valence electrons. The Morgan fingerprint density at radius 3 is 2.28 bits per heavy atom. The summed E-state index contributed by atoms with van der Waals surface area (Å²) in [5.74, 6) is 0.517. The van der Waals surface area contributed by atoms with Crippen LogP contribution in [-0.4, -0.2) is 18.3 Å². The zero-order valence-electron chi connectivity index (χ0n) is 9.91. The van der Waals surface area contributed by atoms with Crippen molar-refractivity contribution in [3.05, 3.63) is 54.6 Å². The molecular formula is C14H13NO3. The molecule has 0 aliphatic carbocycles. The summed E-state index contributed by atoms with van der Waals surface area (Å²) < 4.78 is 5.19. The van der Waals surface area contributed by atoms with Crippen molar-refractivity contribution in [2.24, 2.45) is 0 Å². The summed E-state index contributed by atoms with van der Waals surface area (Å²) in [6, 6.07) is 15.9. The second kappa shape index (κ2) is 5.23. The number of ether oxygens (including phenoxy) is 1. The highest BCUT2D eigenvalue weighted by molar-refractivity contribution is 5.96. The molecule has 0 fully saturated rings. The molecule has 0 atom stereocenters. The van der Waals surface area contributed by atoms with Gasteiger partial charge in [0.05, 0.1) is 18.5 Å². The number of hydrogen-bond donors (Lipinski definition) is 1. The van der Waals surface area contributed by atoms with Crippen LogP contribution in [0.2, 0.25) is 0 Å². The minimum atomic E-state index is -1.05. The quantitative estimate of drug-likeness (QED) is 0.897. The molecule has 2 rings (SSSR count). The fourth-order valence-corrected chi connectivity index (χ4v) is 1.74. The first kappa shape index (κ1) is 12.0. The van der Waals surface area contributed by atoms with Gasteiger partial charge in [0.1, 0.15) is 5.75 Å². The first-order valence-electron chi connectivity index (χ1n) is 5.45. The van der Waals surface area contributed by atoms with Crippen LogP contribution in [0.25, 0.3) is 0 Å². The summed E-state index contributed by atoms with van der Waals surface area (Å²) in [5, 5.41) is 9.37. The average molecular weight is 243 g/mol. The normalized spacial score (nSPS) is 9.83. The molecule has 2 aromatic carbocycles. The van der Waals surface area contributed by atoms with Crippen LogP contribution in [0.5, 0.6) is 5.75 Å². The number of carboxylic acid groups (broad SMARTS) is 1. The molecule has 18 heavy (non-hydrogen) atoms. The molecule has 4 nitrogen and oxygen atoms in total. The van der Waals surface area contributed by atoms with Crippen LogP contribution < -0.4 is 9.64 Å². The predicted molar refractivity (Wildman–Crippen MR) is 69.6 cm³/mol. The fourth-order valence-electron chi connectivity index (χ4n) is 1.74. The van der Waals surface area contributed by atoms with E-state index in [0.717, 1.165) is 0 Å². The van der Waals surface area contributed by atoms with Crippen molar-refractivity contribution < 1.29 is 14.6 Å². The maximum absolute atomic E-state index is 11.4. The van der Waals surface area contributed by atoms with Crippen LogP contribution in [0.15, 0.2) is 54.6 Å². The minimum absolute atomic E-state index is 0.499. The van der Waals surface area contributed by atoms with E-state index in [1.807, 2.05) is 6.07 Å². The van der Waals surface area contributed by atoms with Gasteiger partial charge < -0.3 is 9.84 Å². The second-order valence-corrected chi connectivity index (χ2v) is 3.63. The summed E-state index contributed by atoms with van der Waals surface area (Å²) in [6.07, 6.45) is -1.05. The summed E-state index contributed by atoms with van der Waals surface area (Å²) in [6.45, 7) is 0.